The quantitative estimate of drug-likeness (QED) is 0.721. The fraction of sp³-hybridized carbons (Fsp3) is 0.333. The molecule has 1 rings (SSSR count). The molecule has 0 saturated heterocycles. The molecule has 0 aromatic heterocycles. The van der Waals surface area contributed by atoms with Gasteiger partial charge in [-0.05, 0) is 64.2 Å². The second kappa shape index (κ2) is 5.23. The van der Waals surface area contributed by atoms with Crippen LogP contribution in [-0.4, -0.2) is 13.7 Å². The van der Waals surface area contributed by atoms with Crippen LogP contribution in [0.15, 0.2) is 12.1 Å². The lowest BCUT2D eigenvalue weighted by Crippen LogP contribution is -1.97. The predicted octanol–water partition coefficient (Wildman–Crippen LogP) is 3.30. The molecule has 0 aliphatic heterocycles. The van der Waals surface area contributed by atoms with E-state index >= 15 is 0 Å². The van der Waals surface area contributed by atoms with Gasteiger partial charge in [-0.25, -0.2) is 0 Å². The highest BCUT2D eigenvalue weighted by Crippen LogP contribution is 2.32. The largest absolute Gasteiger partial charge is 0.495 e. The highest BCUT2D eigenvalue weighted by atomic mass is 127. The Labute approximate surface area is 105 Å². The number of hydrogen-bond donors (Lipinski definition) is 0. The van der Waals surface area contributed by atoms with Gasteiger partial charge in [-0.3, -0.25) is 0 Å². The average molecular weight is 404 g/mol. The first-order valence-corrected chi connectivity index (χ1v) is 6.00. The first-order valence-electron chi connectivity index (χ1n) is 3.84. The van der Waals surface area contributed by atoms with Gasteiger partial charge in [-0.15, -0.1) is 0 Å². The summed E-state index contributed by atoms with van der Waals surface area (Å²) in [6.45, 7) is 2.65. The fourth-order valence-corrected chi connectivity index (χ4v) is 2.20. The Bertz CT molecular complexity index is 300. The molecule has 0 bridgehead atoms. The van der Waals surface area contributed by atoms with Crippen molar-refractivity contribution < 1.29 is 9.47 Å². The zero-order chi connectivity index (χ0) is 9.84. The number of methoxy groups -OCH3 is 1. The van der Waals surface area contributed by atoms with E-state index < -0.39 is 0 Å². The first-order chi connectivity index (χ1) is 6.19. The lowest BCUT2D eigenvalue weighted by Gasteiger charge is -2.10. The molecule has 0 fully saturated rings. The molecule has 0 heterocycles. The van der Waals surface area contributed by atoms with E-state index in [1.54, 1.807) is 7.11 Å². The van der Waals surface area contributed by atoms with Gasteiger partial charge < -0.3 is 9.47 Å². The lowest BCUT2D eigenvalue weighted by atomic mass is 10.3. The monoisotopic (exact) mass is 404 g/mol. The fourth-order valence-electron chi connectivity index (χ4n) is 0.949. The van der Waals surface area contributed by atoms with Crippen molar-refractivity contribution >= 4 is 45.2 Å². The van der Waals surface area contributed by atoms with Crippen LogP contribution >= 0.6 is 45.2 Å². The Balaban J connectivity index is 3.11. The van der Waals surface area contributed by atoms with Gasteiger partial charge in [0, 0.05) is 3.57 Å². The Hall–Kier alpha value is 0.280. The number of hydrogen-bond acceptors (Lipinski definition) is 2. The van der Waals surface area contributed by atoms with Gasteiger partial charge in [-0.1, -0.05) is 0 Å². The summed E-state index contributed by atoms with van der Waals surface area (Å²) in [6, 6.07) is 4.00. The summed E-state index contributed by atoms with van der Waals surface area (Å²) in [6.07, 6.45) is 0. The molecular formula is C9H10I2O2. The summed E-state index contributed by atoms with van der Waals surface area (Å²) in [4.78, 5) is 0. The minimum atomic E-state index is 0.680. The zero-order valence-electron chi connectivity index (χ0n) is 7.43. The van der Waals surface area contributed by atoms with Crippen LogP contribution in [-0.2, 0) is 0 Å². The molecule has 0 radical (unpaired) electrons. The third kappa shape index (κ3) is 2.87. The number of halogens is 2. The van der Waals surface area contributed by atoms with E-state index in [1.807, 2.05) is 19.1 Å². The van der Waals surface area contributed by atoms with E-state index in [1.165, 1.54) is 0 Å². The first kappa shape index (κ1) is 11.4. The van der Waals surface area contributed by atoms with Crippen molar-refractivity contribution in [2.24, 2.45) is 0 Å². The summed E-state index contributed by atoms with van der Waals surface area (Å²) in [7, 11) is 1.67. The standard InChI is InChI=1S/C9H10I2O2/c1-3-13-8-5-6(10)4-7(12-2)9(8)11/h4-5H,3H2,1-2H3. The van der Waals surface area contributed by atoms with Crippen LogP contribution in [0.3, 0.4) is 0 Å². The Morgan fingerprint density at radius 3 is 2.38 bits per heavy atom. The maximum atomic E-state index is 5.47. The van der Waals surface area contributed by atoms with Gasteiger partial charge in [0.25, 0.3) is 0 Å². The highest BCUT2D eigenvalue weighted by Gasteiger charge is 2.08. The van der Waals surface area contributed by atoms with E-state index in [2.05, 4.69) is 45.2 Å². The molecule has 1 aromatic carbocycles. The summed E-state index contributed by atoms with van der Waals surface area (Å²) in [5.74, 6) is 1.77. The maximum absolute atomic E-state index is 5.47. The van der Waals surface area contributed by atoms with Gasteiger partial charge in [0.2, 0.25) is 0 Å². The van der Waals surface area contributed by atoms with Gasteiger partial charge in [0.1, 0.15) is 11.5 Å². The van der Waals surface area contributed by atoms with Crippen LogP contribution in [0.2, 0.25) is 0 Å². The van der Waals surface area contributed by atoms with Crippen molar-refractivity contribution in [3.8, 4) is 11.5 Å². The van der Waals surface area contributed by atoms with Gasteiger partial charge in [-0.2, -0.15) is 0 Å². The van der Waals surface area contributed by atoms with Gasteiger partial charge >= 0.3 is 0 Å². The minimum absolute atomic E-state index is 0.680. The third-order valence-corrected chi connectivity index (χ3v) is 3.18. The third-order valence-electron chi connectivity index (χ3n) is 1.49. The van der Waals surface area contributed by atoms with Crippen molar-refractivity contribution in [2.45, 2.75) is 6.92 Å². The Morgan fingerprint density at radius 2 is 1.85 bits per heavy atom. The molecule has 13 heavy (non-hydrogen) atoms. The number of rotatable bonds is 3. The molecule has 0 amide bonds. The summed E-state index contributed by atoms with van der Waals surface area (Å²) < 4.78 is 12.8. The SMILES string of the molecule is CCOc1cc(I)cc(OC)c1I. The molecule has 72 valence electrons. The molecule has 0 N–H and O–H groups in total. The van der Waals surface area contributed by atoms with Crippen molar-refractivity contribution in [2.75, 3.05) is 13.7 Å². The van der Waals surface area contributed by atoms with Crippen LogP contribution in [0, 0.1) is 7.14 Å². The van der Waals surface area contributed by atoms with Crippen molar-refractivity contribution in [3.63, 3.8) is 0 Å². The van der Waals surface area contributed by atoms with E-state index in [0.29, 0.717) is 6.61 Å². The smallest absolute Gasteiger partial charge is 0.137 e. The van der Waals surface area contributed by atoms with Crippen LogP contribution in [0.5, 0.6) is 11.5 Å². The van der Waals surface area contributed by atoms with Crippen LogP contribution in [0.1, 0.15) is 6.92 Å². The molecule has 0 aliphatic rings. The molecular weight excluding hydrogens is 394 g/mol. The van der Waals surface area contributed by atoms with Crippen LogP contribution in [0.25, 0.3) is 0 Å². The molecule has 0 spiro atoms. The van der Waals surface area contributed by atoms with E-state index in [4.69, 9.17) is 9.47 Å². The van der Waals surface area contributed by atoms with Gasteiger partial charge in [0.15, 0.2) is 0 Å². The summed E-state index contributed by atoms with van der Waals surface area (Å²) in [5.41, 5.74) is 0. The van der Waals surface area contributed by atoms with Crippen LogP contribution in [0.4, 0.5) is 0 Å². The predicted molar refractivity (Wildman–Crippen MR) is 69.6 cm³/mol. The molecule has 0 atom stereocenters. The molecule has 4 heteroatoms. The highest BCUT2D eigenvalue weighted by molar-refractivity contribution is 14.1. The van der Waals surface area contributed by atoms with Crippen molar-refractivity contribution in [1.82, 2.24) is 0 Å². The number of benzene rings is 1. The van der Waals surface area contributed by atoms with E-state index in [0.717, 1.165) is 18.6 Å². The second-order valence-electron chi connectivity index (χ2n) is 2.35. The molecule has 0 aliphatic carbocycles. The van der Waals surface area contributed by atoms with Crippen molar-refractivity contribution in [1.29, 1.82) is 0 Å². The van der Waals surface area contributed by atoms with E-state index in [-0.39, 0.29) is 0 Å². The van der Waals surface area contributed by atoms with Gasteiger partial charge in [0.05, 0.1) is 17.3 Å². The maximum Gasteiger partial charge on any atom is 0.137 e. The average Bonchev–Trinajstić information content (AvgIpc) is 2.11. The zero-order valence-corrected chi connectivity index (χ0v) is 11.7. The Morgan fingerprint density at radius 1 is 1.23 bits per heavy atom. The van der Waals surface area contributed by atoms with Crippen LogP contribution < -0.4 is 9.47 Å². The lowest BCUT2D eigenvalue weighted by molar-refractivity contribution is 0.332. The van der Waals surface area contributed by atoms with E-state index in [9.17, 15) is 0 Å². The summed E-state index contributed by atoms with van der Waals surface area (Å²) >= 11 is 4.48. The normalized spacial score (nSPS) is 9.85. The molecule has 0 unspecified atom stereocenters. The molecule has 2 nitrogen and oxygen atoms in total. The number of ether oxygens (including phenoxy) is 2. The topological polar surface area (TPSA) is 18.5 Å². The second-order valence-corrected chi connectivity index (χ2v) is 4.68. The Kier molecular flexibility index (Phi) is 4.57. The minimum Gasteiger partial charge on any atom is -0.495 e. The molecule has 1 aromatic rings. The van der Waals surface area contributed by atoms with Crippen molar-refractivity contribution in [3.05, 3.63) is 19.3 Å². The summed E-state index contributed by atoms with van der Waals surface area (Å²) in [5, 5.41) is 0. The molecule has 0 saturated carbocycles.